The first-order valence-corrected chi connectivity index (χ1v) is 9.09. The number of pyridine rings is 1. The first-order chi connectivity index (χ1) is 13.5. The quantitative estimate of drug-likeness (QED) is 0.842. The zero-order valence-electron chi connectivity index (χ0n) is 15.3. The molecule has 0 saturated carbocycles. The summed E-state index contributed by atoms with van der Waals surface area (Å²) in [5, 5.41) is 5.58. The molecule has 3 heterocycles. The number of hydrogen-bond donors (Lipinski definition) is 2. The number of rotatable bonds is 4. The van der Waals surface area contributed by atoms with Crippen LogP contribution in [0.15, 0.2) is 42.7 Å². The maximum atomic E-state index is 12.6. The summed E-state index contributed by atoms with van der Waals surface area (Å²) in [6.45, 7) is 2.47. The molecule has 2 N–H and O–H groups in total. The molecular weight excluding hydrogens is 360 g/mol. The number of benzene rings is 1. The summed E-state index contributed by atoms with van der Waals surface area (Å²) in [7, 11) is 0. The van der Waals surface area contributed by atoms with E-state index in [1.165, 1.54) is 0 Å². The Hall–Kier alpha value is -3.42. The molecule has 144 valence electrons. The van der Waals surface area contributed by atoms with E-state index in [1.54, 1.807) is 42.4 Å². The van der Waals surface area contributed by atoms with E-state index in [0.717, 1.165) is 5.56 Å². The minimum atomic E-state index is -0.553. The predicted molar refractivity (Wildman–Crippen MR) is 102 cm³/mol. The van der Waals surface area contributed by atoms with Crippen molar-refractivity contribution in [2.75, 3.05) is 17.2 Å². The topological polar surface area (TPSA) is 101 Å². The highest BCUT2D eigenvalue weighted by Gasteiger charge is 2.34. The van der Waals surface area contributed by atoms with Gasteiger partial charge >= 0.3 is 0 Å². The Labute approximate surface area is 161 Å². The van der Waals surface area contributed by atoms with Crippen molar-refractivity contribution >= 4 is 29.1 Å². The molecule has 1 saturated heterocycles. The molecule has 8 nitrogen and oxygen atoms in total. The minimum Gasteiger partial charge on any atom is -0.479 e. The highest BCUT2D eigenvalue weighted by molar-refractivity contribution is 6.00. The van der Waals surface area contributed by atoms with Crippen LogP contribution in [0, 0.1) is 5.92 Å². The lowest BCUT2D eigenvalue weighted by Gasteiger charge is -2.24. The second kappa shape index (κ2) is 7.30. The van der Waals surface area contributed by atoms with Crippen LogP contribution in [0.4, 0.5) is 11.4 Å². The van der Waals surface area contributed by atoms with Gasteiger partial charge in [0.05, 0.1) is 11.6 Å². The smallest absolute Gasteiger partial charge is 0.265 e. The van der Waals surface area contributed by atoms with Gasteiger partial charge in [0, 0.05) is 37.6 Å². The number of nitrogens with one attached hydrogen (secondary N) is 2. The number of nitrogens with zero attached hydrogens (tertiary/aromatic N) is 2. The Bertz CT molecular complexity index is 931. The molecule has 0 bridgehead atoms. The van der Waals surface area contributed by atoms with E-state index in [9.17, 15) is 14.4 Å². The second-order valence-electron chi connectivity index (χ2n) is 6.99. The molecule has 1 aromatic carbocycles. The van der Waals surface area contributed by atoms with Gasteiger partial charge in [0.1, 0.15) is 5.75 Å². The van der Waals surface area contributed by atoms with Crippen LogP contribution in [0.3, 0.4) is 0 Å². The van der Waals surface area contributed by atoms with Gasteiger partial charge in [0.2, 0.25) is 11.8 Å². The minimum absolute atomic E-state index is 0.0518. The number of ether oxygens (including phenoxy) is 1. The standard InChI is InChI=1S/C20H20N4O4/c1-12-19(26)23-16-8-15(4-5-17(16)28-12)22-20(27)14-7-18(25)24(11-14)10-13-3-2-6-21-9-13/h2-6,8-9,12,14H,7,10-11H2,1H3,(H,22,27)(H,23,26). The maximum absolute atomic E-state index is 12.6. The van der Waals surface area contributed by atoms with Gasteiger partial charge in [-0.05, 0) is 36.8 Å². The van der Waals surface area contributed by atoms with E-state index >= 15 is 0 Å². The van der Waals surface area contributed by atoms with Gasteiger partial charge in [-0.3, -0.25) is 19.4 Å². The molecule has 2 unspecified atom stereocenters. The first kappa shape index (κ1) is 18.0. The molecule has 0 aliphatic carbocycles. The van der Waals surface area contributed by atoms with Gasteiger partial charge in [0.15, 0.2) is 6.10 Å². The largest absolute Gasteiger partial charge is 0.479 e. The zero-order chi connectivity index (χ0) is 19.7. The van der Waals surface area contributed by atoms with E-state index in [1.807, 2.05) is 12.1 Å². The van der Waals surface area contributed by atoms with Crippen molar-refractivity contribution in [3.8, 4) is 5.75 Å². The molecule has 3 amide bonds. The third kappa shape index (κ3) is 3.66. The number of likely N-dealkylation sites (tertiary alicyclic amines) is 1. The number of carbonyl (C=O) groups is 3. The molecule has 1 fully saturated rings. The van der Waals surface area contributed by atoms with Crippen molar-refractivity contribution < 1.29 is 19.1 Å². The summed E-state index contributed by atoms with van der Waals surface area (Å²) in [4.78, 5) is 42.4. The number of aromatic nitrogens is 1. The highest BCUT2D eigenvalue weighted by Crippen LogP contribution is 2.32. The monoisotopic (exact) mass is 380 g/mol. The third-order valence-corrected chi connectivity index (χ3v) is 4.86. The molecule has 8 heteroatoms. The molecule has 2 aliphatic rings. The summed E-state index contributed by atoms with van der Waals surface area (Å²) in [5.41, 5.74) is 1.98. The molecule has 2 atom stereocenters. The Morgan fingerprint density at radius 1 is 1.36 bits per heavy atom. The van der Waals surface area contributed by atoms with Crippen molar-refractivity contribution in [2.24, 2.45) is 5.92 Å². The molecule has 1 aromatic heterocycles. The number of amides is 3. The Morgan fingerprint density at radius 2 is 2.21 bits per heavy atom. The fourth-order valence-electron chi connectivity index (χ4n) is 3.34. The highest BCUT2D eigenvalue weighted by atomic mass is 16.5. The normalized spacial score (nSPS) is 21.0. The Kier molecular flexibility index (Phi) is 4.68. The number of hydrogen-bond acceptors (Lipinski definition) is 5. The van der Waals surface area contributed by atoms with Crippen LogP contribution in [0.2, 0.25) is 0 Å². The van der Waals surface area contributed by atoms with Crippen molar-refractivity contribution in [3.05, 3.63) is 48.3 Å². The third-order valence-electron chi connectivity index (χ3n) is 4.86. The van der Waals surface area contributed by atoms with Crippen LogP contribution in [0.5, 0.6) is 5.75 Å². The number of anilines is 2. The van der Waals surface area contributed by atoms with Gasteiger partial charge in [-0.25, -0.2) is 0 Å². The molecule has 28 heavy (non-hydrogen) atoms. The SMILES string of the molecule is CC1Oc2ccc(NC(=O)C3CC(=O)N(Cc4cccnc4)C3)cc2NC1=O. The fraction of sp³-hybridized carbons (Fsp3) is 0.300. The predicted octanol–water partition coefficient (Wildman–Crippen LogP) is 1.79. The van der Waals surface area contributed by atoms with E-state index < -0.39 is 12.0 Å². The van der Waals surface area contributed by atoms with Gasteiger partial charge < -0.3 is 20.3 Å². The van der Waals surface area contributed by atoms with E-state index in [-0.39, 0.29) is 24.1 Å². The van der Waals surface area contributed by atoms with E-state index in [4.69, 9.17) is 4.74 Å². The molecular formula is C20H20N4O4. The Balaban J connectivity index is 1.40. The first-order valence-electron chi connectivity index (χ1n) is 9.09. The fourth-order valence-corrected chi connectivity index (χ4v) is 3.34. The molecule has 0 radical (unpaired) electrons. The van der Waals surface area contributed by atoms with E-state index in [0.29, 0.717) is 30.2 Å². The zero-order valence-corrected chi connectivity index (χ0v) is 15.3. The maximum Gasteiger partial charge on any atom is 0.265 e. The van der Waals surface area contributed by atoms with Crippen LogP contribution in [0.25, 0.3) is 0 Å². The molecule has 2 aromatic rings. The average molecular weight is 380 g/mol. The van der Waals surface area contributed by atoms with Gasteiger partial charge in [-0.2, -0.15) is 0 Å². The summed E-state index contributed by atoms with van der Waals surface area (Å²) in [6.07, 6.45) is 3.01. The summed E-state index contributed by atoms with van der Waals surface area (Å²) < 4.78 is 5.51. The van der Waals surface area contributed by atoms with Gasteiger partial charge in [0.25, 0.3) is 5.91 Å². The lowest BCUT2D eigenvalue weighted by atomic mass is 10.1. The molecule has 4 rings (SSSR count). The van der Waals surface area contributed by atoms with Crippen LogP contribution in [-0.2, 0) is 20.9 Å². The van der Waals surface area contributed by atoms with Gasteiger partial charge in [-0.1, -0.05) is 6.07 Å². The van der Waals surface area contributed by atoms with Gasteiger partial charge in [-0.15, -0.1) is 0 Å². The van der Waals surface area contributed by atoms with E-state index in [2.05, 4.69) is 15.6 Å². The number of fused-ring (bicyclic) bond motifs is 1. The van der Waals surface area contributed by atoms with Crippen LogP contribution >= 0.6 is 0 Å². The summed E-state index contributed by atoms with van der Waals surface area (Å²) in [6, 6.07) is 8.79. The van der Waals surface area contributed by atoms with Crippen molar-refractivity contribution in [3.63, 3.8) is 0 Å². The van der Waals surface area contributed by atoms with Crippen molar-refractivity contribution in [1.29, 1.82) is 0 Å². The lowest BCUT2D eigenvalue weighted by molar-refractivity contribution is -0.128. The lowest BCUT2D eigenvalue weighted by Crippen LogP contribution is -2.34. The van der Waals surface area contributed by atoms with Crippen LogP contribution in [0.1, 0.15) is 18.9 Å². The Morgan fingerprint density at radius 3 is 3.00 bits per heavy atom. The second-order valence-corrected chi connectivity index (χ2v) is 6.99. The van der Waals surface area contributed by atoms with Crippen molar-refractivity contribution in [2.45, 2.75) is 26.0 Å². The van der Waals surface area contributed by atoms with Crippen LogP contribution < -0.4 is 15.4 Å². The molecule has 0 spiro atoms. The van der Waals surface area contributed by atoms with Crippen LogP contribution in [-0.4, -0.2) is 40.3 Å². The number of carbonyl (C=O) groups excluding carboxylic acids is 3. The summed E-state index contributed by atoms with van der Waals surface area (Å²) in [5.74, 6) is -0.374. The molecule has 2 aliphatic heterocycles. The average Bonchev–Trinajstić information content (AvgIpc) is 3.04. The van der Waals surface area contributed by atoms with Crippen molar-refractivity contribution in [1.82, 2.24) is 9.88 Å². The summed E-state index contributed by atoms with van der Waals surface area (Å²) >= 11 is 0.